The van der Waals surface area contributed by atoms with Gasteiger partial charge in [0.1, 0.15) is 0 Å². The molecule has 0 N–H and O–H groups in total. The van der Waals surface area contributed by atoms with Gasteiger partial charge in [-0.25, -0.2) is 17.6 Å². The number of hydrogen-bond donors (Lipinski definition) is 0. The fourth-order valence-electron chi connectivity index (χ4n) is 11.6. The molecule has 7 heteroatoms. The maximum Gasteiger partial charge on any atom is 0.249 e. The van der Waals surface area contributed by atoms with Gasteiger partial charge in [0.15, 0.2) is 0 Å². The summed E-state index contributed by atoms with van der Waals surface area (Å²) in [7, 11) is 0. The van der Waals surface area contributed by atoms with Gasteiger partial charge in [0.05, 0.1) is 17.1 Å². The molecular formula is C67H51F4N3. The quantitative estimate of drug-likeness (QED) is 0.121. The van der Waals surface area contributed by atoms with Gasteiger partial charge in [-0.15, -0.1) is 0 Å². The molecule has 362 valence electrons. The number of nitrogens with zero attached hydrogens (tertiary/aromatic N) is 3. The zero-order chi connectivity index (χ0) is 50.2. The van der Waals surface area contributed by atoms with Crippen LogP contribution in [0, 0.1) is 0 Å². The highest BCUT2D eigenvalue weighted by Crippen LogP contribution is 2.57. The molecule has 4 atom stereocenters. The van der Waals surface area contributed by atoms with Crippen LogP contribution in [-0.4, -0.2) is 26.8 Å². The summed E-state index contributed by atoms with van der Waals surface area (Å²) >= 11 is 0. The molecule has 2 aliphatic rings. The molecule has 4 unspecified atom stereocenters. The van der Waals surface area contributed by atoms with Crippen molar-refractivity contribution in [2.45, 2.75) is 61.2 Å². The molecule has 3 nitrogen and oxygen atoms in total. The lowest BCUT2D eigenvalue weighted by Gasteiger charge is -2.25. The van der Waals surface area contributed by atoms with Crippen molar-refractivity contribution in [1.82, 2.24) is 15.0 Å². The van der Waals surface area contributed by atoms with Gasteiger partial charge in [-0.3, -0.25) is 15.0 Å². The first-order valence-corrected chi connectivity index (χ1v) is 25.4. The van der Waals surface area contributed by atoms with Gasteiger partial charge in [0.25, 0.3) is 0 Å². The van der Waals surface area contributed by atoms with E-state index in [1.54, 1.807) is 12.4 Å². The van der Waals surface area contributed by atoms with Crippen molar-refractivity contribution in [1.29, 1.82) is 0 Å². The van der Waals surface area contributed by atoms with E-state index in [0.29, 0.717) is 11.1 Å². The molecule has 12 rings (SSSR count). The standard InChI is InChI=1S/C67H51F4N3/c68-66(69)37-58(50-29-31-63(72-41-50)47-17-7-2-8-18-47)60(39-66)53-33-52(34-54(35-53)61-40-67(70,71)38-59(61)51-30-32-64(73-42-51)48-19-9-3-10-20-48)55-23-13-14-24-56(55)62-43-74-65(49-21-11-4-12-22-49)36-57(62)46-27-25-45(26-28-46)44-15-5-1-6-16-44/h1-36,41-43,58-61H,37-40H2. The molecule has 0 spiro atoms. The highest BCUT2D eigenvalue weighted by Gasteiger charge is 2.50. The Morgan fingerprint density at radius 3 is 1.11 bits per heavy atom. The molecule has 2 fully saturated rings. The molecule has 0 radical (unpaired) electrons. The molecule has 2 aliphatic carbocycles. The van der Waals surface area contributed by atoms with Gasteiger partial charge in [0.2, 0.25) is 11.8 Å². The summed E-state index contributed by atoms with van der Waals surface area (Å²) in [5.74, 6) is -8.33. The van der Waals surface area contributed by atoms with Crippen LogP contribution in [0.25, 0.3) is 78.3 Å². The molecule has 3 aromatic heterocycles. The molecular weight excluding hydrogens is 923 g/mol. The normalized spacial score (nSPS) is 18.8. The lowest BCUT2D eigenvalue weighted by Crippen LogP contribution is -2.10. The highest BCUT2D eigenvalue weighted by atomic mass is 19.3. The van der Waals surface area contributed by atoms with Crippen molar-refractivity contribution in [3.63, 3.8) is 0 Å². The summed E-state index contributed by atoms with van der Waals surface area (Å²) in [6.07, 6.45) is 3.93. The van der Waals surface area contributed by atoms with E-state index in [-0.39, 0.29) is 25.7 Å². The second kappa shape index (κ2) is 19.6. The Kier molecular flexibility index (Phi) is 12.4. The van der Waals surface area contributed by atoms with E-state index in [0.717, 1.165) is 89.4 Å². The van der Waals surface area contributed by atoms with E-state index in [1.165, 1.54) is 0 Å². The monoisotopic (exact) mass is 973 g/mol. The lowest BCUT2D eigenvalue weighted by atomic mass is 9.78. The summed E-state index contributed by atoms with van der Waals surface area (Å²) < 4.78 is 64.6. The Bertz CT molecular complexity index is 3420. The third kappa shape index (κ3) is 9.58. The first kappa shape index (κ1) is 46.8. The Hall–Kier alpha value is -8.29. The number of hydrogen-bond acceptors (Lipinski definition) is 3. The Morgan fingerprint density at radius 1 is 0.270 bits per heavy atom. The third-order valence-corrected chi connectivity index (χ3v) is 15.3. The summed E-state index contributed by atoms with van der Waals surface area (Å²) in [6.45, 7) is 0. The number of rotatable bonds is 11. The first-order chi connectivity index (χ1) is 36.1. The Labute approximate surface area is 429 Å². The van der Waals surface area contributed by atoms with Crippen molar-refractivity contribution in [3.8, 4) is 78.3 Å². The largest absolute Gasteiger partial charge is 0.256 e. The lowest BCUT2D eigenvalue weighted by molar-refractivity contribution is 0.00588. The van der Waals surface area contributed by atoms with E-state index in [1.807, 2.05) is 176 Å². The van der Waals surface area contributed by atoms with E-state index in [2.05, 4.69) is 48.5 Å². The molecule has 2 saturated carbocycles. The van der Waals surface area contributed by atoms with Crippen molar-refractivity contribution in [2.75, 3.05) is 0 Å². The van der Waals surface area contributed by atoms with Crippen LogP contribution >= 0.6 is 0 Å². The molecule has 3 heterocycles. The van der Waals surface area contributed by atoms with Crippen molar-refractivity contribution in [3.05, 3.63) is 259 Å². The summed E-state index contributed by atoms with van der Waals surface area (Å²) in [5.41, 5.74) is 15.6. The second-order valence-electron chi connectivity index (χ2n) is 20.0. The second-order valence-corrected chi connectivity index (χ2v) is 20.0. The fourth-order valence-corrected chi connectivity index (χ4v) is 11.6. The minimum absolute atomic E-state index is 0.352. The molecule has 0 bridgehead atoms. The van der Waals surface area contributed by atoms with Gasteiger partial charge in [-0.05, 0) is 103 Å². The average Bonchev–Trinajstić information content (AvgIpc) is 3.98. The smallest absolute Gasteiger partial charge is 0.249 e. The predicted molar refractivity (Wildman–Crippen MR) is 290 cm³/mol. The summed E-state index contributed by atoms with van der Waals surface area (Å²) in [6, 6.07) is 72.4. The maximum atomic E-state index is 16.2. The molecule has 74 heavy (non-hydrogen) atoms. The summed E-state index contributed by atoms with van der Waals surface area (Å²) in [4.78, 5) is 14.6. The van der Waals surface area contributed by atoms with Crippen LogP contribution in [0.2, 0.25) is 0 Å². The maximum absolute atomic E-state index is 16.2. The third-order valence-electron chi connectivity index (χ3n) is 15.3. The van der Waals surface area contributed by atoms with Crippen LogP contribution < -0.4 is 0 Å². The molecule has 7 aromatic carbocycles. The van der Waals surface area contributed by atoms with Gasteiger partial charge >= 0.3 is 0 Å². The molecule has 0 saturated heterocycles. The predicted octanol–water partition coefficient (Wildman–Crippen LogP) is 18.1. The number of pyridine rings is 3. The minimum Gasteiger partial charge on any atom is -0.256 e. The Morgan fingerprint density at radius 2 is 0.649 bits per heavy atom. The van der Waals surface area contributed by atoms with Gasteiger partial charge in [0, 0.05) is 66.5 Å². The minimum atomic E-state index is -2.96. The molecule has 0 aliphatic heterocycles. The number of halogens is 4. The van der Waals surface area contributed by atoms with Crippen LogP contribution in [0.15, 0.2) is 237 Å². The number of aromatic nitrogens is 3. The van der Waals surface area contributed by atoms with E-state index < -0.39 is 35.5 Å². The van der Waals surface area contributed by atoms with Gasteiger partial charge in [-0.1, -0.05) is 200 Å². The van der Waals surface area contributed by atoms with Crippen LogP contribution in [0.1, 0.15) is 71.6 Å². The van der Waals surface area contributed by atoms with Crippen molar-refractivity contribution in [2.24, 2.45) is 0 Å². The average molecular weight is 974 g/mol. The van der Waals surface area contributed by atoms with E-state index in [9.17, 15) is 0 Å². The zero-order valence-corrected chi connectivity index (χ0v) is 40.5. The van der Waals surface area contributed by atoms with Crippen LogP contribution in [0.3, 0.4) is 0 Å². The number of alkyl halides is 4. The molecule has 0 amide bonds. The van der Waals surface area contributed by atoms with E-state index >= 15 is 17.6 Å². The van der Waals surface area contributed by atoms with Crippen LogP contribution in [-0.2, 0) is 0 Å². The van der Waals surface area contributed by atoms with Crippen molar-refractivity contribution < 1.29 is 17.6 Å². The highest BCUT2D eigenvalue weighted by molar-refractivity contribution is 5.93. The first-order valence-electron chi connectivity index (χ1n) is 25.4. The van der Waals surface area contributed by atoms with Crippen LogP contribution in [0.4, 0.5) is 17.6 Å². The van der Waals surface area contributed by atoms with Gasteiger partial charge in [-0.2, -0.15) is 0 Å². The number of benzene rings is 7. The van der Waals surface area contributed by atoms with Gasteiger partial charge < -0.3 is 0 Å². The Balaban J connectivity index is 1.01. The van der Waals surface area contributed by atoms with Crippen LogP contribution in [0.5, 0.6) is 0 Å². The fraction of sp³-hybridized carbons (Fsp3) is 0.149. The summed E-state index contributed by atoms with van der Waals surface area (Å²) in [5, 5.41) is 0. The van der Waals surface area contributed by atoms with E-state index in [4.69, 9.17) is 15.0 Å². The topological polar surface area (TPSA) is 38.7 Å². The SMILES string of the molecule is FC1(F)CC(c2ccc(-c3ccccc3)nc2)C(c2cc(-c3ccccc3-c3cnc(-c4ccccc4)cc3-c3ccc(-c4ccccc4)cc3)cc(C3CC(F)(F)CC3c3ccc(-c4ccccc4)nc3)c2)C1. The molecule has 10 aromatic rings. The van der Waals surface area contributed by atoms with Crippen molar-refractivity contribution >= 4 is 0 Å². The zero-order valence-electron chi connectivity index (χ0n) is 40.5.